The first-order valence-corrected chi connectivity index (χ1v) is 8.36. The van der Waals surface area contributed by atoms with Crippen LogP contribution in [0.4, 0.5) is 5.95 Å². The number of benzene rings is 1. The fourth-order valence-electron chi connectivity index (χ4n) is 2.47. The van der Waals surface area contributed by atoms with Gasteiger partial charge in [0, 0.05) is 18.5 Å². The molecule has 0 saturated carbocycles. The topological polar surface area (TPSA) is 50.2 Å². The minimum Gasteiger partial charge on any atom is -0.309 e. The molecule has 2 aromatic rings. The summed E-state index contributed by atoms with van der Waals surface area (Å²) in [5, 5.41) is 2.99. The summed E-state index contributed by atoms with van der Waals surface area (Å²) in [6, 6.07) is 8.01. The summed E-state index contributed by atoms with van der Waals surface area (Å²) in [6.07, 6.45) is 0. The third-order valence-electron chi connectivity index (χ3n) is 4.10. The van der Waals surface area contributed by atoms with E-state index in [9.17, 15) is 4.79 Å². The van der Waals surface area contributed by atoms with Crippen molar-refractivity contribution in [2.45, 2.75) is 41.2 Å². The average Bonchev–Trinajstić information content (AvgIpc) is 2.85. The van der Waals surface area contributed by atoms with E-state index in [1.807, 2.05) is 39.0 Å². The Kier molecular flexibility index (Phi) is 5.42. The Bertz CT molecular complexity index is 665. The Balaban J connectivity index is 2.31. The molecule has 1 aromatic carbocycles. The van der Waals surface area contributed by atoms with Crippen LogP contribution in [-0.2, 0) is 11.3 Å². The molecule has 0 radical (unpaired) electrons. The highest BCUT2D eigenvalue weighted by Gasteiger charge is 2.23. The summed E-state index contributed by atoms with van der Waals surface area (Å²) < 4.78 is 2.11. The van der Waals surface area contributed by atoms with Gasteiger partial charge in [-0.05, 0) is 25.2 Å². The largest absolute Gasteiger partial charge is 0.309 e. The van der Waals surface area contributed by atoms with Crippen molar-refractivity contribution in [3.8, 4) is 0 Å². The highest BCUT2D eigenvalue weighted by molar-refractivity contribution is 5.94. The van der Waals surface area contributed by atoms with Gasteiger partial charge >= 0.3 is 0 Å². The molecule has 5 heteroatoms. The molecule has 0 saturated heterocycles. The predicted octanol–water partition coefficient (Wildman–Crippen LogP) is 3.36. The van der Waals surface area contributed by atoms with E-state index < -0.39 is 5.41 Å². The number of nitrogens with zero attached hydrogens (tertiary/aromatic N) is 3. The number of likely N-dealkylation sites (N-methyl/N-ethyl adjacent to an activating group) is 1. The molecule has 0 bridgehead atoms. The maximum atomic E-state index is 12.3. The van der Waals surface area contributed by atoms with Crippen molar-refractivity contribution in [1.29, 1.82) is 0 Å². The Labute approximate surface area is 138 Å². The number of hydrogen-bond donors (Lipinski definition) is 1. The SMILES string of the molecule is CCN(CC)CCn1c(NC(=O)C(C)(C)C)nc2ccccc21. The van der Waals surface area contributed by atoms with Gasteiger partial charge in [0.15, 0.2) is 0 Å². The smallest absolute Gasteiger partial charge is 0.232 e. The number of para-hydroxylation sites is 2. The second kappa shape index (κ2) is 7.13. The van der Waals surface area contributed by atoms with Gasteiger partial charge in [-0.15, -0.1) is 0 Å². The molecular formula is C18H28N4O. The minimum absolute atomic E-state index is 0.0168. The summed E-state index contributed by atoms with van der Waals surface area (Å²) in [5.74, 6) is 0.621. The molecule has 0 aliphatic carbocycles. The molecular weight excluding hydrogens is 288 g/mol. The van der Waals surface area contributed by atoms with Gasteiger partial charge < -0.3 is 9.47 Å². The first-order chi connectivity index (χ1) is 10.9. The summed E-state index contributed by atoms with van der Waals surface area (Å²) in [4.78, 5) is 19.3. The minimum atomic E-state index is -0.443. The molecule has 0 aliphatic heterocycles. The van der Waals surface area contributed by atoms with Gasteiger partial charge in [0.2, 0.25) is 11.9 Å². The number of aromatic nitrogens is 2. The van der Waals surface area contributed by atoms with Gasteiger partial charge in [0.05, 0.1) is 11.0 Å². The van der Waals surface area contributed by atoms with Crippen molar-refractivity contribution in [2.24, 2.45) is 5.41 Å². The van der Waals surface area contributed by atoms with Crippen molar-refractivity contribution in [3.63, 3.8) is 0 Å². The van der Waals surface area contributed by atoms with Crippen LogP contribution in [0.2, 0.25) is 0 Å². The van der Waals surface area contributed by atoms with Crippen molar-refractivity contribution < 1.29 is 4.79 Å². The molecule has 126 valence electrons. The standard InChI is InChI=1S/C18H28N4O/c1-6-21(7-2)12-13-22-15-11-9-8-10-14(15)19-17(22)20-16(23)18(3,4)5/h8-11H,6-7,12-13H2,1-5H3,(H,19,20,23). The first kappa shape index (κ1) is 17.5. The molecule has 1 heterocycles. The molecule has 23 heavy (non-hydrogen) atoms. The van der Waals surface area contributed by atoms with Crippen molar-refractivity contribution in [1.82, 2.24) is 14.5 Å². The Morgan fingerprint density at radius 1 is 1.22 bits per heavy atom. The molecule has 0 spiro atoms. The summed E-state index contributed by atoms with van der Waals surface area (Å²) in [7, 11) is 0. The normalized spacial score (nSPS) is 12.1. The molecule has 2 rings (SSSR count). The third-order valence-corrected chi connectivity index (χ3v) is 4.10. The van der Waals surface area contributed by atoms with Gasteiger partial charge in [-0.3, -0.25) is 10.1 Å². The molecule has 1 aromatic heterocycles. The van der Waals surface area contributed by atoms with Crippen LogP contribution in [0.25, 0.3) is 11.0 Å². The average molecular weight is 316 g/mol. The zero-order valence-corrected chi connectivity index (χ0v) is 14.9. The number of imidazole rings is 1. The van der Waals surface area contributed by atoms with Crippen molar-refractivity contribution in [3.05, 3.63) is 24.3 Å². The molecule has 0 aliphatic rings. The van der Waals surface area contributed by atoms with Crippen LogP contribution in [0.15, 0.2) is 24.3 Å². The van der Waals surface area contributed by atoms with E-state index in [0.717, 1.165) is 37.2 Å². The van der Waals surface area contributed by atoms with E-state index in [4.69, 9.17) is 0 Å². The highest BCUT2D eigenvalue weighted by atomic mass is 16.2. The number of carbonyl (C=O) groups excluding carboxylic acids is 1. The Morgan fingerprint density at radius 3 is 2.48 bits per heavy atom. The van der Waals surface area contributed by atoms with E-state index >= 15 is 0 Å². The van der Waals surface area contributed by atoms with Gasteiger partial charge in [0.25, 0.3) is 0 Å². The van der Waals surface area contributed by atoms with Gasteiger partial charge in [0.1, 0.15) is 0 Å². The van der Waals surface area contributed by atoms with Crippen LogP contribution in [0.3, 0.4) is 0 Å². The van der Waals surface area contributed by atoms with Gasteiger partial charge in [-0.1, -0.05) is 46.8 Å². The van der Waals surface area contributed by atoms with E-state index in [1.165, 1.54) is 0 Å². The fourth-order valence-corrected chi connectivity index (χ4v) is 2.47. The highest BCUT2D eigenvalue weighted by Crippen LogP contribution is 2.22. The molecule has 0 unspecified atom stereocenters. The lowest BCUT2D eigenvalue weighted by Crippen LogP contribution is -2.30. The second-order valence-corrected chi connectivity index (χ2v) is 6.81. The number of carbonyl (C=O) groups is 1. The van der Waals surface area contributed by atoms with E-state index in [-0.39, 0.29) is 5.91 Å². The van der Waals surface area contributed by atoms with Crippen LogP contribution in [-0.4, -0.2) is 40.0 Å². The van der Waals surface area contributed by atoms with Crippen molar-refractivity contribution >= 4 is 22.9 Å². The van der Waals surface area contributed by atoms with E-state index in [1.54, 1.807) is 0 Å². The van der Waals surface area contributed by atoms with Crippen molar-refractivity contribution in [2.75, 3.05) is 25.0 Å². The molecule has 1 amide bonds. The van der Waals surface area contributed by atoms with Gasteiger partial charge in [-0.25, -0.2) is 4.98 Å². The number of anilines is 1. The number of fused-ring (bicyclic) bond motifs is 1. The molecule has 5 nitrogen and oxygen atoms in total. The monoisotopic (exact) mass is 316 g/mol. The number of rotatable bonds is 6. The molecule has 0 atom stereocenters. The van der Waals surface area contributed by atoms with Crippen LogP contribution in [0.1, 0.15) is 34.6 Å². The maximum Gasteiger partial charge on any atom is 0.232 e. The Morgan fingerprint density at radius 2 is 1.87 bits per heavy atom. The van der Waals surface area contributed by atoms with Crippen LogP contribution in [0.5, 0.6) is 0 Å². The second-order valence-electron chi connectivity index (χ2n) is 6.81. The zero-order chi connectivity index (χ0) is 17.0. The van der Waals surface area contributed by atoms with Crippen LogP contribution in [0, 0.1) is 5.41 Å². The quantitative estimate of drug-likeness (QED) is 0.889. The van der Waals surface area contributed by atoms with Gasteiger partial charge in [-0.2, -0.15) is 0 Å². The third kappa shape index (κ3) is 4.10. The lowest BCUT2D eigenvalue weighted by atomic mass is 9.96. The first-order valence-electron chi connectivity index (χ1n) is 8.36. The lowest BCUT2D eigenvalue weighted by molar-refractivity contribution is -0.123. The van der Waals surface area contributed by atoms with E-state index in [0.29, 0.717) is 5.95 Å². The lowest BCUT2D eigenvalue weighted by Gasteiger charge is -2.21. The predicted molar refractivity (Wildman–Crippen MR) is 95.6 cm³/mol. The summed E-state index contributed by atoms with van der Waals surface area (Å²) in [6.45, 7) is 13.8. The van der Waals surface area contributed by atoms with Crippen LogP contribution < -0.4 is 5.32 Å². The van der Waals surface area contributed by atoms with E-state index in [2.05, 4.69) is 39.7 Å². The van der Waals surface area contributed by atoms with Crippen LogP contribution >= 0.6 is 0 Å². The molecule has 0 fully saturated rings. The summed E-state index contributed by atoms with van der Waals surface area (Å²) in [5.41, 5.74) is 1.53. The Hall–Kier alpha value is -1.88. The number of amides is 1. The molecule has 1 N–H and O–H groups in total. The zero-order valence-electron chi connectivity index (χ0n) is 14.9. The number of nitrogens with one attached hydrogen (secondary N) is 1. The number of hydrogen-bond acceptors (Lipinski definition) is 3. The fraction of sp³-hybridized carbons (Fsp3) is 0.556. The summed E-state index contributed by atoms with van der Waals surface area (Å²) >= 11 is 0. The maximum absolute atomic E-state index is 12.3.